The number of nitrogens with zero attached hydrogens (tertiary/aromatic N) is 2. The molecule has 0 saturated carbocycles. The average Bonchev–Trinajstić information content (AvgIpc) is 3.13. The fourth-order valence-electron chi connectivity index (χ4n) is 3.85. The van der Waals surface area contributed by atoms with Gasteiger partial charge in [-0.05, 0) is 49.9 Å². The van der Waals surface area contributed by atoms with E-state index in [1.165, 1.54) is 5.56 Å². The molecule has 2 aliphatic rings. The maximum Gasteiger partial charge on any atom is 0.253 e. The summed E-state index contributed by atoms with van der Waals surface area (Å²) < 4.78 is 0. The first-order valence-corrected chi connectivity index (χ1v) is 8.91. The van der Waals surface area contributed by atoms with Crippen LogP contribution in [0.3, 0.4) is 0 Å². The number of carbonyl (C=O) groups is 1. The summed E-state index contributed by atoms with van der Waals surface area (Å²) in [6.45, 7) is 12.6. The van der Waals surface area contributed by atoms with Crippen LogP contribution in [0.2, 0.25) is 0 Å². The van der Waals surface area contributed by atoms with E-state index in [1.807, 2.05) is 17.0 Å². The third kappa shape index (κ3) is 3.59. The van der Waals surface area contributed by atoms with Gasteiger partial charge in [0.15, 0.2) is 0 Å². The van der Waals surface area contributed by atoms with Gasteiger partial charge in [-0.15, -0.1) is 0 Å². The number of nitrogens with one attached hydrogen (secondary N) is 1. The average molecular weight is 315 g/mol. The first-order chi connectivity index (χ1) is 11.1. The molecule has 0 aromatic heterocycles. The number of fused-ring (bicyclic) bond motifs is 1. The molecule has 1 amide bonds. The van der Waals surface area contributed by atoms with Crippen molar-refractivity contribution in [1.82, 2.24) is 15.1 Å². The van der Waals surface area contributed by atoms with Gasteiger partial charge in [0.2, 0.25) is 0 Å². The van der Waals surface area contributed by atoms with Gasteiger partial charge in [-0.2, -0.15) is 0 Å². The van der Waals surface area contributed by atoms with Crippen molar-refractivity contribution in [2.75, 3.05) is 32.7 Å². The molecule has 1 aromatic rings. The van der Waals surface area contributed by atoms with Crippen LogP contribution in [0.25, 0.3) is 0 Å². The van der Waals surface area contributed by atoms with E-state index in [4.69, 9.17) is 0 Å². The molecule has 4 heteroatoms. The van der Waals surface area contributed by atoms with E-state index in [-0.39, 0.29) is 5.91 Å². The zero-order chi connectivity index (χ0) is 16.4. The number of hydrogen-bond donors (Lipinski definition) is 1. The normalized spacial score (nSPS) is 23.8. The van der Waals surface area contributed by atoms with Crippen LogP contribution in [0.1, 0.15) is 36.7 Å². The summed E-state index contributed by atoms with van der Waals surface area (Å²) in [5.41, 5.74) is 2.11. The highest BCUT2D eigenvalue weighted by Gasteiger charge is 2.38. The Kier molecular flexibility index (Phi) is 5.02. The maximum atomic E-state index is 12.7. The van der Waals surface area contributed by atoms with E-state index >= 15 is 0 Å². The van der Waals surface area contributed by atoms with Crippen molar-refractivity contribution in [3.05, 3.63) is 35.4 Å². The van der Waals surface area contributed by atoms with Crippen LogP contribution in [-0.2, 0) is 6.54 Å². The first-order valence-electron chi connectivity index (χ1n) is 8.91. The van der Waals surface area contributed by atoms with Crippen molar-refractivity contribution < 1.29 is 4.79 Å². The van der Waals surface area contributed by atoms with Crippen LogP contribution >= 0.6 is 0 Å². The molecular weight excluding hydrogens is 286 g/mol. The molecule has 1 N–H and O–H groups in total. The number of benzene rings is 1. The molecule has 2 fully saturated rings. The number of likely N-dealkylation sites (tertiary alicyclic amines) is 1. The zero-order valence-corrected chi connectivity index (χ0v) is 14.6. The fourth-order valence-corrected chi connectivity index (χ4v) is 3.85. The van der Waals surface area contributed by atoms with Gasteiger partial charge in [0.25, 0.3) is 5.91 Å². The predicted octanol–water partition coefficient (Wildman–Crippen LogP) is 2.21. The zero-order valence-electron chi connectivity index (χ0n) is 14.6. The number of hydrogen-bond acceptors (Lipinski definition) is 3. The summed E-state index contributed by atoms with van der Waals surface area (Å²) in [7, 11) is 0. The summed E-state index contributed by atoms with van der Waals surface area (Å²) in [6, 6.07) is 8.75. The number of amides is 1. The highest BCUT2D eigenvalue weighted by Crippen LogP contribution is 2.27. The second kappa shape index (κ2) is 7.02. The quantitative estimate of drug-likeness (QED) is 0.905. The van der Waals surface area contributed by atoms with Crippen molar-refractivity contribution in [2.45, 2.75) is 33.4 Å². The molecule has 2 aliphatic heterocycles. The second-order valence-corrected chi connectivity index (χ2v) is 7.24. The van der Waals surface area contributed by atoms with Gasteiger partial charge in [-0.1, -0.05) is 19.1 Å². The van der Waals surface area contributed by atoms with Crippen LogP contribution in [0, 0.1) is 11.8 Å². The monoisotopic (exact) mass is 315 g/mol. The topological polar surface area (TPSA) is 35.6 Å². The number of rotatable bonds is 5. The minimum absolute atomic E-state index is 0.196. The minimum Gasteiger partial charge on any atom is -0.338 e. The molecule has 0 unspecified atom stereocenters. The van der Waals surface area contributed by atoms with Crippen LogP contribution < -0.4 is 5.32 Å². The van der Waals surface area contributed by atoms with Crippen molar-refractivity contribution in [2.24, 2.45) is 11.8 Å². The lowest BCUT2D eigenvalue weighted by molar-refractivity contribution is 0.0781. The molecule has 2 heterocycles. The first kappa shape index (κ1) is 16.5. The molecule has 23 heavy (non-hydrogen) atoms. The lowest BCUT2D eigenvalue weighted by Gasteiger charge is -2.25. The van der Waals surface area contributed by atoms with E-state index < -0.39 is 0 Å². The van der Waals surface area contributed by atoms with Gasteiger partial charge in [0, 0.05) is 44.3 Å². The van der Waals surface area contributed by atoms with Crippen molar-refractivity contribution in [3.63, 3.8) is 0 Å². The molecule has 3 rings (SSSR count). The minimum atomic E-state index is 0.196. The third-order valence-electron chi connectivity index (χ3n) is 5.40. The SMILES string of the molecule is CCN(Cc1ccc(C(=O)N2C[C@H]3CNC[C@H]3C2)cc1)C(C)C. The number of carbonyl (C=O) groups excluding carboxylic acids is 1. The highest BCUT2D eigenvalue weighted by atomic mass is 16.2. The standard InChI is InChI=1S/C19H29N3O/c1-4-21(14(2)3)11-15-5-7-16(8-6-15)19(23)22-12-17-9-20-10-18(17)13-22/h5-8,14,17-18,20H,4,9-13H2,1-3H3/t17-,18+. The van der Waals surface area contributed by atoms with Gasteiger partial charge in [0.1, 0.15) is 0 Å². The van der Waals surface area contributed by atoms with Gasteiger partial charge in [-0.25, -0.2) is 0 Å². The summed E-state index contributed by atoms with van der Waals surface area (Å²) in [5.74, 6) is 1.51. The van der Waals surface area contributed by atoms with Gasteiger partial charge in [0.05, 0.1) is 0 Å². The summed E-state index contributed by atoms with van der Waals surface area (Å²) in [6.07, 6.45) is 0. The molecule has 0 radical (unpaired) electrons. The van der Waals surface area contributed by atoms with Gasteiger partial charge >= 0.3 is 0 Å². The molecule has 0 aliphatic carbocycles. The Labute approximate surface area is 139 Å². The molecule has 1 aromatic carbocycles. The highest BCUT2D eigenvalue weighted by molar-refractivity contribution is 5.94. The van der Waals surface area contributed by atoms with Crippen molar-refractivity contribution in [3.8, 4) is 0 Å². The summed E-state index contributed by atoms with van der Waals surface area (Å²) in [5, 5.41) is 3.42. The molecule has 0 bridgehead atoms. The molecule has 4 nitrogen and oxygen atoms in total. The molecule has 126 valence electrons. The molecule has 2 atom stereocenters. The van der Waals surface area contributed by atoms with Crippen LogP contribution in [-0.4, -0.2) is 54.5 Å². The summed E-state index contributed by atoms with van der Waals surface area (Å²) >= 11 is 0. The lowest BCUT2D eigenvalue weighted by atomic mass is 10.0. The smallest absolute Gasteiger partial charge is 0.253 e. The van der Waals surface area contributed by atoms with Crippen molar-refractivity contribution >= 4 is 5.91 Å². The predicted molar refractivity (Wildman–Crippen MR) is 93.4 cm³/mol. The van der Waals surface area contributed by atoms with Crippen molar-refractivity contribution in [1.29, 1.82) is 0 Å². The molecule has 2 saturated heterocycles. The fraction of sp³-hybridized carbons (Fsp3) is 0.632. The second-order valence-electron chi connectivity index (χ2n) is 7.24. The van der Waals surface area contributed by atoms with Gasteiger partial charge in [-0.3, -0.25) is 9.69 Å². The van der Waals surface area contributed by atoms with E-state index in [2.05, 4.69) is 43.1 Å². The third-order valence-corrected chi connectivity index (χ3v) is 5.40. The van der Waals surface area contributed by atoms with Gasteiger partial charge < -0.3 is 10.2 Å². The van der Waals surface area contributed by atoms with Crippen LogP contribution in [0.5, 0.6) is 0 Å². The lowest BCUT2D eigenvalue weighted by Crippen LogP contribution is -2.32. The Morgan fingerprint density at radius 1 is 1.22 bits per heavy atom. The van der Waals surface area contributed by atoms with E-state index in [1.54, 1.807) is 0 Å². The Morgan fingerprint density at radius 3 is 2.35 bits per heavy atom. The Morgan fingerprint density at radius 2 is 1.83 bits per heavy atom. The molecule has 0 spiro atoms. The van der Waals surface area contributed by atoms with Crippen LogP contribution in [0.4, 0.5) is 0 Å². The van der Waals surface area contributed by atoms with E-state index in [0.29, 0.717) is 17.9 Å². The Bertz CT molecular complexity index is 528. The van der Waals surface area contributed by atoms with E-state index in [0.717, 1.165) is 44.8 Å². The largest absolute Gasteiger partial charge is 0.338 e. The van der Waals surface area contributed by atoms with E-state index in [9.17, 15) is 4.79 Å². The maximum absolute atomic E-state index is 12.7. The summed E-state index contributed by atoms with van der Waals surface area (Å²) in [4.78, 5) is 17.1. The Balaban J connectivity index is 1.62. The van der Waals surface area contributed by atoms with Crippen LogP contribution in [0.15, 0.2) is 24.3 Å². The Hall–Kier alpha value is -1.39. The molecular formula is C19H29N3O.